The summed E-state index contributed by atoms with van der Waals surface area (Å²) in [5.41, 5.74) is 0.763. The van der Waals surface area contributed by atoms with Gasteiger partial charge in [-0.25, -0.2) is 9.18 Å². The average molecular weight is 336 g/mol. The Bertz CT molecular complexity index is 833. The van der Waals surface area contributed by atoms with Crippen molar-refractivity contribution < 1.29 is 23.1 Å². The number of likely N-dealkylation sites (tertiary alicyclic amines) is 1. The maximum atomic E-state index is 13.5. The van der Waals surface area contributed by atoms with Gasteiger partial charge in [0.2, 0.25) is 0 Å². The molecule has 0 aliphatic carbocycles. The molecule has 1 saturated heterocycles. The molecule has 2 aromatic rings. The molecule has 0 spiro atoms. The van der Waals surface area contributed by atoms with Gasteiger partial charge in [-0.2, -0.15) is 0 Å². The highest BCUT2D eigenvalue weighted by atomic mass is 19.1. The van der Waals surface area contributed by atoms with Crippen LogP contribution in [-0.4, -0.2) is 41.0 Å². The minimum Gasteiger partial charge on any atom is -0.456 e. The molecule has 0 atom stereocenters. The van der Waals surface area contributed by atoms with Crippen LogP contribution in [0.5, 0.6) is 0 Å². The summed E-state index contributed by atoms with van der Waals surface area (Å²) in [5, 5.41) is 0. The average Bonchev–Trinajstić information content (AvgIpc) is 2.88. The number of carbonyl (C=O) groups excluding carboxylic acids is 2. The largest absolute Gasteiger partial charge is 0.456 e. The second-order valence-corrected chi connectivity index (χ2v) is 5.74. The fourth-order valence-corrected chi connectivity index (χ4v) is 2.98. The molecule has 1 aliphatic rings. The van der Waals surface area contributed by atoms with Gasteiger partial charge in [0, 0.05) is 32.1 Å². The predicted octanol–water partition coefficient (Wildman–Crippen LogP) is 1.46. The molecule has 0 N–H and O–H groups in total. The van der Waals surface area contributed by atoms with Crippen molar-refractivity contribution in [1.82, 2.24) is 9.47 Å². The van der Waals surface area contributed by atoms with Gasteiger partial charge >= 0.3 is 11.7 Å². The lowest BCUT2D eigenvalue weighted by Crippen LogP contribution is -2.42. The summed E-state index contributed by atoms with van der Waals surface area (Å²) in [6.45, 7) is 1.83. The molecule has 3 rings (SSSR count). The summed E-state index contributed by atoms with van der Waals surface area (Å²) in [6.07, 6.45) is 1.08. The standard InChI is InChI=1S/C16H17FN2O5/c1-10(20)23-9-15(21)18-6-4-12(5-7-18)19-13-8-11(17)2-3-14(13)24-16(19)22/h2-3,8,12H,4-7,9H2,1H3. The number of fused-ring (bicyclic) bond motifs is 1. The Kier molecular flexibility index (Phi) is 4.37. The first kappa shape index (κ1) is 16.2. The van der Waals surface area contributed by atoms with Crippen molar-refractivity contribution in [2.75, 3.05) is 19.7 Å². The van der Waals surface area contributed by atoms with Crippen LogP contribution < -0.4 is 5.76 Å². The molecule has 128 valence electrons. The van der Waals surface area contributed by atoms with Gasteiger partial charge in [0.05, 0.1) is 5.52 Å². The molecule has 1 aliphatic heterocycles. The van der Waals surface area contributed by atoms with Crippen molar-refractivity contribution >= 4 is 23.0 Å². The number of hydrogen-bond acceptors (Lipinski definition) is 5. The van der Waals surface area contributed by atoms with Crippen LogP contribution in [0.1, 0.15) is 25.8 Å². The lowest BCUT2D eigenvalue weighted by atomic mass is 10.0. The Morgan fingerprint density at radius 2 is 2.04 bits per heavy atom. The Labute approximate surface area is 136 Å². The van der Waals surface area contributed by atoms with E-state index in [1.54, 1.807) is 4.90 Å². The van der Waals surface area contributed by atoms with Crippen molar-refractivity contribution in [3.8, 4) is 0 Å². The van der Waals surface area contributed by atoms with Gasteiger partial charge in [0.15, 0.2) is 12.2 Å². The first-order valence-electron chi connectivity index (χ1n) is 7.67. The van der Waals surface area contributed by atoms with Gasteiger partial charge in [-0.05, 0) is 25.0 Å². The third-order valence-electron chi connectivity index (χ3n) is 4.16. The van der Waals surface area contributed by atoms with Crippen molar-refractivity contribution in [2.24, 2.45) is 0 Å². The van der Waals surface area contributed by atoms with E-state index in [2.05, 4.69) is 0 Å². The number of carbonyl (C=O) groups is 2. The minimum atomic E-state index is -0.528. The predicted molar refractivity (Wildman–Crippen MR) is 81.9 cm³/mol. The monoisotopic (exact) mass is 336 g/mol. The van der Waals surface area contributed by atoms with Crippen molar-refractivity contribution in [3.05, 3.63) is 34.6 Å². The maximum Gasteiger partial charge on any atom is 0.420 e. The quantitative estimate of drug-likeness (QED) is 0.793. The highest BCUT2D eigenvalue weighted by molar-refractivity contribution is 5.80. The molecule has 1 fully saturated rings. The number of halogens is 1. The molecule has 0 radical (unpaired) electrons. The normalized spacial score (nSPS) is 15.7. The van der Waals surface area contributed by atoms with E-state index in [1.165, 1.54) is 29.7 Å². The van der Waals surface area contributed by atoms with Crippen LogP contribution in [0.15, 0.2) is 27.4 Å². The van der Waals surface area contributed by atoms with Crippen LogP contribution in [0.4, 0.5) is 4.39 Å². The first-order valence-corrected chi connectivity index (χ1v) is 7.67. The number of ether oxygens (including phenoxy) is 1. The summed E-state index contributed by atoms with van der Waals surface area (Å²) in [7, 11) is 0. The van der Waals surface area contributed by atoms with Gasteiger partial charge < -0.3 is 14.1 Å². The lowest BCUT2D eigenvalue weighted by Gasteiger charge is -2.32. The van der Waals surface area contributed by atoms with Crippen LogP contribution in [-0.2, 0) is 14.3 Å². The summed E-state index contributed by atoms with van der Waals surface area (Å²) < 4.78 is 24.8. The molecule has 2 heterocycles. The van der Waals surface area contributed by atoms with Gasteiger partial charge in [-0.1, -0.05) is 0 Å². The van der Waals surface area contributed by atoms with Crippen LogP contribution >= 0.6 is 0 Å². The van der Waals surface area contributed by atoms with Crippen LogP contribution in [0.2, 0.25) is 0 Å². The van der Waals surface area contributed by atoms with E-state index in [0.29, 0.717) is 37.0 Å². The van der Waals surface area contributed by atoms with Crippen molar-refractivity contribution in [2.45, 2.75) is 25.8 Å². The van der Waals surface area contributed by atoms with Crippen molar-refractivity contribution in [3.63, 3.8) is 0 Å². The molecule has 0 unspecified atom stereocenters. The summed E-state index contributed by atoms with van der Waals surface area (Å²) in [6, 6.07) is 3.78. The van der Waals surface area contributed by atoms with E-state index >= 15 is 0 Å². The number of aromatic nitrogens is 1. The van der Waals surface area contributed by atoms with E-state index in [4.69, 9.17) is 9.15 Å². The molecular formula is C16H17FN2O5. The Hall–Kier alpha value is -2.64. The second-order valence-electron chi connectivity index (χ2n) is 5.74. The number of piperidine rings is 1. The molecule has 0 saturated carbocycles. The number of amides is 1. The summed E-state index contributed by atoms with van der Waals surface area (Å²) in [5.74, 6) is -1.73. The SMILES string of the molecule is CC(=O)OCC(=O)N1CCC(n2c(=O)oc3ccc(F)cc32)CC1. The molecule has 0 bridgehead atoms. The molecule has 1 aromatic heterocycles. The smallest absolute Gasteiger partial charge is 0.420 e. The fraction of sp³-hybridized carbons (Fsp3) is 0.438. The molecule has 24 heavy (non-hydrogen) atoms. The van der Waals surface area contributed by atoms with Crippen molar-refractivity contribution in [1.29, 1.82) is 0 Å². The van der Waals surface area contributed by atoms with Gasteiger partial charge in [0.25, 0.3) is 5.91 Å². The second kappa shape index (κ2) is 6.46. The van der Waals surface area contributed by atoms with E-state index in [1.807, 2.05) is 0 Å². The zero-order valence-corrected chi connectivity index (χ0v) is 13.2. The van der Waals surface area contributed by atoms with E-state index in [9.17, 15) is 18.8 Å². The van der Waals surface area contributed by atoms with E-state index in [0.717, 1.165) is 0 Å². The molecule has 7 nitrogen and oxygen atoms in total. The molecule has 1 aromatic carbocycles. The van der Waals surface area contributed by atoms with Crippen LogP contribution in [0.25, 0.3) is 11.1 Å². The van der Waals surface area contributed by atoms with Gasteiger partial charge in [-0.3, -0.25) is 14.2 Å². The Morgan fingerprint density at radius 3 is 2.71 bits per heavy atom. The first-order chi connectivity index (χ1) is 11.5. The third-order valence-corrected chi connectivity index (χ3v) is 4.16. The summed E-state index contributed by atoms with van der Waals surface area (Å²) in [4.78, 5) is 36.4. The number of esters is 1. The number of rotatable bonds is 3. The zero-order chi connectivity index (χ0) is 17.3. The topological polar surface area (TPSA) is 81.8 Å². The van der Waals surface area contributed by atoms with Crippen LogP contribution in [0, 0.1) is 5.82 Å². The van der Waals surface area contributed by atoms with E-state index in [-0.39, 0.29) is 18.6 Å². The highest BCUT2D eigenvalue weighted by Gasteiger charge is 2.27. The minimum absolute atomic E-state index is 0.168. The maximum absolute atomic E-state index is 13.5. The fourth-order valence-electron chi connectivity index (χ4n) is 2.98. The number of oxazole rings is 1. The molecule has 8 heteroatoms. The third kappa shape index (κ3) is 3.17. The Balaban J connectivity index is 1.72. The van der Waals surface area contributed by atoms with Gasteiger partial charge in [-0.15, -0.1) is 0 Å². The molecule has 1 amide bonds. The highest BCUT2D eigenvalue weighted by Crippen LogP contribution is 2.26. The Morgan fingerprint density at radius 1 is 1.33 bits per heavy atom. The zero-order valence-electron chi connectivity index (χ0n) is 13.2. The lowest BCUT2D eigenvalue weighted by molar-refractivity contribution is -0.150. The van der Waals surface area contributed by atoms with Crippen LogP contribution in [0.3, 0.4) is 0 Å². The molecular weight excluding hydrogens is 319 g/mol. The summed E-state index contributed by atoms with van der Waals surface area (Å²) >= 11 is 0. The number of benzene rings is 1. The number of nitrogens with zero attached hydrogens (tertiary/aromatic N) is 2. The van der Waals surface area contributed by atoms with E-state index < -0.39 is 17.5 Å². The number of hydrogen-bond donors (Lipinski definition) is 0. The van der Waals surface area contributed by atoms with Gasteiger partial charge in [0.1, 0.15) is 5.82 Å².